The van der Waals surface area contributed by atoms with E-state index in [9.17, 15) is 9.18 Å². The number of nitrogens with zero attached hydrogens (tertiary/aromatic N) is 4. The van der Waals surface area contributed by atoms with Crippen molar-refractivity contribution in [1.29, 1.82) is 0 Å². The zero-order chi connectivity index (χ0) is 21.9. The van der Waals surface area contributed by atoms with Crippen molar-refractivity contribution in [2.45, 2.75) is 56.4 Å². The van der Waals surface area contributed by atoms with E-state index in [-0.39, 0.29) is 22.7 Å². The van der Waals surface area contributed by atoms with Crippen molar-refractivity contribution in [3.8, 4) is 11.4 Å². The summed E-state index contributed by atoms with van der Waals surface area (Å²) in [6.45, 7) is 1.78. The summed E-state index contributed by atoms with van der Waals surface area (Å²) in [5.41, 5.74) is 0.450. The SMILES string of the molecule is Cc1nccc(C(=O)NC23CC4CC(C2)CC(c2nc(-c5cccc(F)c5)no2)(C4)C3)n1. The number of hydrogen-bond donors (Lipinski definition) is 1. The molecule has 2 unspecified atom stereocenters. The van der Waals surface area contributed by atoms with Gasteiger partial charge in [0.25, 0.3) is 5.91 Å². The minimum atomic E-state index is -0.328. The Labute approximate surface area is 184 Å². The van der Waals surface area contributed by atoms with Crippen molar-refractivity contribution in [1.82, 2.24) is 25.4 Å². The fourth-order valence-corrected chi connectivity index (χ4v) is 6.73. The molecule has 4 saturated carbocycles. The molecule has 2 atom stereocenters. The van der Waals surface area contributed by atoms with Crippen molar-refractivity contribution in [2.24, 2.45) is 11.8 Å². The molecule has 7 nitrogen and oxygen atoms in total. The Morgan fingerprint density at radius 1 is 1.16 bits per heavy atom. The Balaban J connectivity index is 1.31. The Bertz CT molecular complexity index is 1190. The molecular formula is C24H24FN5O2. The highest BCUT2D eigenvalue weighted by Gasteiger charge is 2.61. The van der Waals surface area contributed by atoms with Gasteiger partial charge in [-0.05, 0) is 75.5 Å². The number of hydrogen-bond acceptors (Lipinski definition) is 6. The van der Waals surface area contributed by atoms with Crippen LogP contribution in [0.1, 0.15) is 60.7 Å². The normalized spacial score (nSPS) is 30.4. The summed E-state index contributed by atoms with van der Waals surface area (Å²) < 4.78 is 19.5. The van der Waals surface area contributed by atoms with Gasteiger partial charge in [-0.1, -0.05) is 17.3 Å². The van der Waals surface area contributed by atoms with Gasteiger partial charge in [0, 0.05) is 17.3 Å². The minimum absolute atomic E-state index is 0.154. The van der Waals surface area contributed by atoms with Gasteiger partial charge in [0.15, 0.2) is 0 Å². The van der Waals surface area contributed by atoms with Crippen molar-refractivity contribution in [2.75, 3.05) is 0 Å². The number of aryl methyl sites for hydroxylation is 1. The lowest BCUT2D eigenvalue weighted by molar-refractivity contribution is -0.0489. The molecule has 4 aliphatic carbocycles. The first-order chi connectivity index (χ1) is 15.4. The molecule has 2 aromatic heterocycles. The van der Waals surface area contributed by atoms with Crippen LogP contribution in [0.15, 0.2) is 41.1 Å². The van der Waals surface area contributed by atoms with E-state index in [1.54, 1.807) is 31.3 Å². The number of aromatic nitrogens is 4. The number of carbonyl (C=O) groups excluding carboxylic acids is 1. The monoisotopic (exact) mass is 433 g/mol. The quantitative estimate of drug-likeness (QED) is 0.669. The lowest BCUT2D eigenvalue weighted by atomic mass is 9.46. The summed E-state index contributed by atoms with van der Waals surface area (Å²) in [5, 5.41) is 7.51. The number of rotatable bonds is 4. The van der Waals surface area contributed by atoms with Crippen LogP contribution in [0.3, 0.4) is 0 Å². The number of carbonyl (C=O) groups is 1. The Morgan fingerprint density at radius 3 is 2.72 bits per heavy atom. The molecule has 164 valence electrons. The van der Waals surface area contributed by atoms with Crippen molar-refractivity contribution >= 4 is 5.91 Å². The van der Waals surface area contributed by atoms with Gasteiger partial charge in [-0.25, -0.2) is 14.4 Å². The third-order valence-electron chi connectivity index (χ3n) is 7.41. The van der Waals surface area contributed by atoms with Crippen molar-refractivity contribution < 1.29 is 13.7 Å². The number of benzene rings is 1. The van der Waals surface area contributed by atoms with E-state index in [1.165, 1.54) is 18.6 Å². The second kappa shape index (κ2) is 6.92. The second-order valence-electron chi connectivity index (χ2n) is 9.90. The minimum Gasteiger partial charge on any atom is -0.345 e. The molecule has 0 saturated heterocycles. The van der Waals surface area contributed by atoms with Crippen LogP contribution in [0.2, 0.25) is 0 Å². The fourth-order valence-electron chi connectivity index (χ4n) is 6.73. The van der Waals surface area contributed by atoms with Crippen LogP contribution in [0.5, 0.6) is 0 Å². The molecule has 4 bridgehead atoms. The van der Waals surface area contributed by atoms with E-state index in [1.807, 2.05) is 0 Å². The predicted molar refractivity (Wildman–Crippen MR) is 113 cm³/mol. The maximum Gasteiger partial charge on any atom is 0.270 e. The maximum atomic E-state index is 13.7. The Hall–Kier alpha value is -3.16. The van der Waals surface area contributed by atoms with Crippen LogP contribution < -0.4 is 5.32 Å². The highest BCUT2D eigenvalue weighted by molar-refractivity contribution is 5.92. The standard InChI is InChI=1S/C24H24FN5O2/c1-14-26-6-5-19(27-14)21(31)29-24-11-15-7-16(12-24)10-23(9-15,13-24)22-28-20(30-32-22)17-3-2-4-18(25)8-17/h2-6,8,15-16H,7,9-13H2,1H3,(H,29,31). The van der Waals surface area contributed by atoms with Gasteiger partial charge >= 0.3 is 0 Å². The average molecular weight is 433 g/mol. The van der Waals surface area contributed by atoms with Crippen LogP contribution >= 0.6 is 0 Å². The zero-order valence-corrected chi connectivity index (χ0v) is 17.8. The maximum absolute atomic E-state index is 13.7. The van der Waals surface area contributed by atoms with Gasteiger partial charge in [-0.3, -0.25) is 4.79 Å². The predicted octanol–water partition coefficient (Wildman–Crippen LogP) is 3.99. The Morgan fingerprint density at radius 2 is 1.97 bits per heavy atom. The molecule has 4 fully saturated rings. The second-order valence-corrected chi connectivity index (χ2v) is 9.90. The van der Waals surface area contributed by atoms with E-state index in [0.717, 1.165) is 32.1 Å². The first-order valence-corrected chi connectivity index (χ1v) is 11.1. The third-order valence-corrected chi connectivity index (χ3v) is 7.41. The highest BCUT2D eigenvalue weighted by atomic mass is 19.1. The zero-order valence-electron chi connectivity index (χ0n) is 17.8. The smallest absolute Gasteiger partial charge is 0.270 e. The van der Waals surface area contributed by atoms with Gasteiger partial charge in [0.2, 0.25) is 11.7 Å². The molecule has 3 aromatic rings. The van der Waals surface area contributed by atoms with E-state index in [4.69, 9.17) is 9.51 Å². The molecule has 1 aromatic carbocycles. The Kier molecular flexibility index (Phi) is 4.22. The molecule has 0 spiro atoms. The summed E-state index contributed by atoms with van der Waals surface area (Å²) >= 11 is 0. The molecule has 32 heavy (non-hydrogen) atoms. The van der Waals surface area contributed by atoms with Gasteiger partial charge < -0.3 is 9.84 Å². The van der Waals surface area contributed by atoms with E-state index >= 15 is 0 Å². The van der Waals surface area contributed by atoms with Crippen LogP contribution in [-0.2, 0) is 5.41 Å². The van der Waals surface area contributed by atoms with Gasteiger partial charge in [0.05, 0.1) is 5.41 Å². The van der Waals surface area contributed by atoms with Crippen LogP contribution in [0.25, 0.3) is 11.4 Å². The molecule has 1 N–H and O–H groups in total. The largest absolute Gasteiger partial charge is 0.345 e. The summed E-state index contributed by atoms with van der Waals surface area (Å²) in [6.07, 6.45) is 7.46. The molecule has 4 aliphatic rings. The topological polar surface area (TPSA) is 93.8 Å². The van der Waals surface area contributed by atoms with E-state index in [2.05, 4.69) is 20.4 Å². The van der Waals surface area contributed by atoms with Crippen molar-refractivity contribution in [3.63, 3.8) is 0 Å². The van der Waals surface area contributed by atoms with Crippen molar-refractivity contribution in [3.05, 3.63) is 59.8 Å². The lowest BCUT2D eigenvalue weighted by Crippen LogP contribution is -2.64. The van der Waals surface area contributed by atoms with E-state index < -0.39 is 0 Å². The lowest BCUT2D eigenvalue weighted by Gasteiger charge is -2.60. The van der Waals surface area contributed by atoms with Crippen LogP contribution in [0.4, 0.5) is 4.39 Å². The van der Waals surface area contributed by atoms with Gasteiger partial charge in [0.1, 0.15) is 17.3 Å². The number of amides is 1. The molecule has 0 aliphatic heterocycles. The third kappa shape index (κ3) is 3.20. The van der Waals surface area contributed by atoms with Gasteiger partial charge in [-0.2, -0.15) is 4.98 Å². The van der Waals surface area contributed by atoms with Gasteiger partial charge in [-0.15, -0.1) is 0 Å². The number of nitrogens with one attached hydrogen (secondary N) is 1. The summed E-state index contributed by atoms with van der Waals surface area (Å²) in [4.78, 5) is 26.2. The molecule has 7 rings (SSSR count). The molecular weight excluding hydrogens is 409 g/mol. The summed E-state index contributed by atoms with van der Waals surface area (Å²) in [5.74, 6) is 2.13. The average Bonchev–Trinajstić information content (AvgIpc) is 3.24. The first kappa shape index (κ1) is 19.5. The highest BCUT2D eigenvalue weighted by Crippen LogP contribution is 2.62. The number of halogens is 1. The summed E-state index contributed by atoms with van der Waals surface area (Å²) in [6, 6.07) is 7.89. The molecule has 0 radical (unpaired) electrons. The van der Waals surface area contributed by atoms with Crippen LogP contribution in [0, 0.1) is 24.6 Å². The van der Waals surface area contributed by atoms with E-state index in [0.29, 0.717) is 40.6 Å². The summed E-state index contributed by atoms with van der Waals surface area (Å²) in [7, 11) is 0. The van der Waals surface area contributed by atoms with Crippen LogP contribution in [-0.4, -0.2) is 31.6 Å². The molecule has 2 heterocycles. The fraction of sp³-hybridized carbons (Fsp3) is 0.458. The molecule has 8 heteroatoms. The molecule has 1 amide bonds. The first-order valence-electron chi connectivity index (χ1n) is 11.1.